The zero-order valence-electron chi connectivity index (χ0n) is 13.2. The molecule has 0 spiro atoms. The van der Waals surface area contributed by atoms with Crippen molar-refractivity contribution < 1.29 is 19.1 Å². The second-order valence-corrected chi connectivity index (χ2v) is 5.78. The zero-order chi connectivity index (χ0) is 16.4. The van der Waals surface area contributed by atoms with Crippen LogP contribution in [0.25, 0.3) is 11.0 Å². The Balaban J connectivity index is 2.66. The lowest BCUT2D eigenvalue weighted by Crippen LogP contribution is -2.20. The summed E-state index contributed by atoms with van der Waals surface area (Å²) >= 11 is 0. The van der Waals surface area contributed by atoms with Gasteiger partial charge in [-0.25, -0.2) is 4.79 Å². The number of hydrogen-bond acceptors (Lipinski definition) is 5. The molecule has 1 aromatic heterocycles. The number of hydrogen-bond donors (Lipinski definition) is 1. The molecule has 0 saturated carbocycles. The molecule has 0 radical (unpaired) electrons. The summed E-state index contributed by atoms with van der Waals surface area (Å²) in [6.07, 6.45) is 0.0177. The van der Waals surface area contributed by atoms with Crippen LogP contribution in [0.15, 0.2) is 27.4 Å². The van der Waals surface area contributed by atoms with Gasteiger partial charge in [0.05, 0.1) is 24.5 Å². The van der Waals surface area contributed by atoms with E-state index in [9.17, 15) is 14.7 Å². The van der Waals surface area contributed by atoms with E-state index in [-0.39, 0.29) is 23.7 Å². The minimum Gasteiger partial charge on any atom is -0.507 e. The molecular formula is C17H20O5. The number of methoxy groups -OCH3 is 1. The highest BCUT2D eigenvalue weighted by atomic mass is 16.5. The number of aromatic hydroxyl groups is 1. The first-order valence-corrected chi connectivity index (χ1v) is 7.18. The Hall–Kier alpha value is -2.30. The van der Waals surface area contributed by atoms with E-state index in [4.69, 9.17) is 4.42 Å². The predicted molar refractivity (Wildman–Crippen MR) is 83.1 cm³/mol. The minimum atomic E-state index is -0.614. The maximum Gasteiger partial charge on any atom is 0.343 e. The summed E-state index contributed by atoms with van der Waals surface area (Å²) in [6.45, 7) is 5.65. The third kappa shape index (κ3) is 2.98. The number of carbonyl (C=O) groups excluding carboxylic acids is 1. The highest BCUT2D eigenvalue weighted by Gasteiger charge is 2.28. The van der Waals surface area contributed by atoms with Gasteiger partial charge < -0.3 is 14.3 Å². The molecule has 0 unspecified atom stereocenters. The Bertz CT molecular complexity index is 757. The van der Waals surface area contributed by atoms with Crippen molar-refractivity contribution in [2.45, 2.75) is 33.1 Å². The average molecular weight is 304 g/mol. The van der Waals surface area contributed by atoms with E-state index in [0.717, 1.165) is 5.56 Å². The van der Waals surface area contributed by atoms with Crippen molar-refractivity contribution >= 4 is 16.9 Å². The quantitative estimate of drug-likeness (QED) is 0.693. The maximum absolute atomic E-state index is 12.3. The standard InChI is InChI=1S/C17H20O5/c1-9(2)11(8-14(18)21-4)15-16(19)12-7-10(3)5-6-13(12)22-17(15)20/h5-7,9,11,19H,8H2,1-4H3/t11-/m0/s1. The molecule has 22 heavy (non-hydrogen) atoms. The van der Waals surface area contributed by atoms with E-state index < -0.39 is 17.5 Å². The Kier molecular flexibility index (Phi) is 4.54. The van der Waals surface area contributed by atoms with E-state index in [1.165, 1.54) is 7.11 Å². The number of benzene rings is 1. The third-order valence-electron chi connectivity index (χ3n) is 3.86. The van der Waals surface area contributed by atoms with Crippen LogP contribution in [0.4, 0.5) is 0 Å². The molecule has 0 aliphatic rings. The SMILES string of the molecule is COC(=O)C[C@H](c1c(O)c2cc(C)ccc2oc1=O)C(C)C. The molecule has 0 aliphatic heterocycles. The van der Waals surface area contributed by atoms with Gasteiger partial charge in [-0.1, -0.05) is 25.5 Å². The Labute approximate surface area is 128 Å². The number of esters is 1. The molecule has 0 fully saturated rings. The second kappa shape index (κ2) is 6.22. The maximum atomic E-state index is 12.3. The van der Waals surface area contributed by atoms with Gasteiger partial charge in [0.25, 0.3) is 0 Å². The fraction of sp³-hybridized carbons (Fsp3) is 0.412. The van der Waals surface area contributed by atoms with Crippen LogP contribution in [0.2, 0.25) is 0 Å². The van der Waals surface area contributed by atoms with E-state index in [0.29, 0.717) is 11.0 Å². The van der Waals surface area contributed by atoms with Crippen molar-refractivity contribution in [2.24, 2.45) is 5.92 Å². The number of carbonyl (C=O) groups is 1. The molecule has 1 atom stereocenters. The zero-order valence-corrected chi connectivity index (χ0v) is 13.2. The molecule has 1 heterocycles. The Morgan fingerprint density at radius 3 is 2.64 bits per heavy atom. The Morgan fingerprint density at radius 2 is 2.05 bits per heavy atom. The molecule has 1 N–H and O–H groups in total. The lowest BCUT2D eigenvalue weighted by Gasteiger charge is -2.20. The van der Waals surface area contributed by atoms with Crippen molar-refractivity contribution in [3.63, 3.8) is 0 Å². The molecule has 0 aliphatic carbocycles. The summed E-state index contributed by atoms with van der Waals surface area (Å²) < 4.78 is 9.99. The topological polar surface area (TPSA) is 76.7 Å². The van der Waals surface area contributed by atoms with Gasteiger partial charge in [0.1, 0.15) is 11.3 Å². The number of fused-ring (bicyclic) bond motifs is 1. The van der Waals surface area contributed by atoms with Gasteiger partial charge in [-0.3, -0.25) is 4.79 Å². The average Bonchev–Trinajstić information content (AvgIpc) is 2.46. The van der Waals surface area contributed by atoms with Gasteiger partial charge in [0.2, 0.25) is 0 Å². The first-order valence-electron chi connectivity index (χ1n) is 7.18. The fourth-order valence-corrected chi connectivity index (χ4v) is 2.58. The Morgan fingerprint density at radius 1 is 1.36 bits per heavy atom. The molecule has 2 aromatic rings. The van der Waals surface area contributed by atoms with Crippen LogP contribution in [0.3, 0.4) is 0 Å². The number of ether oxygens (including phenoxy) is 1. The monoisotopic (exact) mass is 304 g/mol. The summed E-state index contributed by atoms with van der Waals surface area (Å²) in [5, 5.41) is 11.0. The van der Waals surface area contributed by atoms with Gasteiger partial charge in [-0.2, -0.15) is 0 Å². The molecule has 118 valence electrons. The van der Waals surface area contributed by atoms with Gasteiger partial charge in [-0.15, -0.1) is 0 Å². The van der Waals surface area contributed by atoms with Crippen molar-refractivity contribution in [1.29, 1.82) is 0 Å². The van der Waals surface area contributed by atoms with Crippen LogP contribution < -0.4 is 5.63 Å². The van der Waals surface area contributed by atoms with Crippen LogP contribution in [0, 0.1) is 12.8 Å². The van der Waals surface area contributed by atoms with Crippen molar-refractivity contribution in [3.8, 4) is 5.75 Å². The number of aryl methyl sites for hydroxylation is 1. The minimum absolute atomic E-state index is 0.0177. The smallest absolute Gasteiger partial charge is 0.343 e. The van der Waals surface area contributed by atoms with E-state index in [1.54, 1.807) is 18.2 Å². The normalized spacial score (nSPS) is 12.6. The van der Waals surface area contributed by atoms with Gasteiger partial charge in [-0.05, 0) is 25.0 Å². The first-order chi connectivity index (χ1) is 10.3. The molecule has 1 aromatic carbocycles. The first kappa shape index (κ1) is 16.1. The van der Waals surface area contributed by atoms with Crippen molar-refractivity contribution in [3.05, 3.63) is 39.7 Å². The van der Waals surface area contributed by atoms with Crippen LogP contribution in [-0.4, -0.2) is 18.2 Å². The fourth-order valence-electron chi connectivity index (χ4n) is 2.58. The molecule has 2 rings (SSSR count). The van der Waals surface area contributed by atoms with Crippen LogP contribution in [0.1, 0.15) is 37.3 Å². The van der Waals surface area contributed by atoms with Gasteiger partial charge in [0.15, 0.2) is 0 Å². The van der Waals surface area contributed by atoms with Crippen LogP contribution in [-0.2, 0) is 9.53 Å². The molecule has 5 heteroatoms. The molecule has 0 bridgehead atoms. The summed E-state index contributed by atoms with van der Waals surface area (Å²) in [6, 6.07) is 5.21. The number of rotatable bonds is 4. The highest BCUT2D eigenvalue weighted by molar-refractivity contribution is 5.85. The largest absolute Gasteiger partial charge is 0.507 e. The third-order valence-corrected chi connectivity index (χ3v) is 3.86. The summed E-state index contributed by atoms with van der Waals surface area (Å²) in [5.41, 5.74) is 0.795. The summed E-state index contributed by atoms with van der Waals surface area (Å²) in [5.74, 6) is -1.04. The lowest BCUT2D eigenvalue weighted by atomic mass is 9.85. The van der Waals surface area contributed by atoms with Gasteiger partial charge in [0, 0.05) is 5.92 Å². The molecule has 5 nitrogen and oxygen atoms in total. The van der Waals surface area contributed by atoms with E-state index in [1.807, 2.05) is 20.8 Å². The highest BCUT2D eigenvalue weighted by Crippen LogP contribution is 2.36. The van der Waals surface area contributed by atoms with Crippen LogP contribution >= 0.6 is 0 Å². The van der Waals surface area contributed by atoms with E-state index >= 15 is 0 Å². The molecular weight excluding hydrogens is 284 g/mol. The molecule has 0 saturated heterocycles. The lowest BCUT2D eigenvalue weighted by molar-refractivity contribution is -0.141. The predicted octanol–water partition coefficient (Wildman–Crippen LogP) is 3.11. The van der Waals surface area contributed by atoms with Crippen LogP contribution in [0.5, 0.6) is 5.75 Å². The van der Waals surface area contributed by atoms with Gasteiger partial charge >= 0.3 is 11.6 Å². The van der Waals surface area contributed by atoms with Crippen molar-refractivity contribution in [1.82, 2.24) is 0 Å². The second-order valence-electron chi connectivity index (χ2n) is 5.78. The van der Waals surface area contributed by atoms with E-state index in [2.05, 4.69) is 4.74 Å². The van der Waals surface area contributed by atoms with Crippen molar-refractivity contribution in [2.75, 3.05) is 7.11 Å². The molecule has 0 amide bonds. The summed E-state index contributed by atoms with van der Waals surface area (Å²) in [7, 11) is 1.30. The summed E-state index contributed by atoms with van der Waals surface area (Å²) in [4.78, 5) is 23.9.